The van der Waals surface area contributed by atoms with Gasteiger partial charge in [-0.05, 0) is 30.9 Å². The Balaban J connectivity index is 1.38. The van der Waals surface area contributed by atoms with Gasteiger partial charge in [0.25, 0.3) is 0 Å². The van der Waals surface area contributed by atoms with E-state index in [0.29, 0.717) is 30.1 Å². The molecular weight excluding hydrogens is 470 g/mol. The fraction of sp³-hybridized carbons (Fsp3) is 0.321. The minimum Gasteiger partial charge on any atom is -0.474 e. The molecule has 0 saturated carbocycles. The minimum atomic E-state index is -0.413. The van der Waals surface area contributed by atoms with Crippen LogP contribution in [-0.2, 0) is 20.7 Å². The van der Waals surface area contributed by atoms with Crippen molar-refractivity contribution in [2.24, 2.45) is 11.7 Å². The molecule has 1 fully saturated rings. The van der Waals surface area contributed by atoms with Gasteiger partial charge in [0.15, 0.2) is 0 Å². The maximum Gasteiger partial charge on any atom is 0.306 e. The van der Waals surface area contributed by atoms with E-state index in [-0.39, 0.29) is 36.8 Å². The number of nitrogens with one attached hydrogen (secondary N) is 1. The normalized spacial score (nSPS) is 17.0. The topological polar surface area (TPSA) is 131 Å². The van der Waals surface area contributed by atoms with Gasteiger partial charge >= 0.3 is 5.97 Å². The highest BCUT2D eigenvalue weighted by atomic mass is 16.5. The fourth-order valence-corrected chi connectivity index (χ4v) is 4.53. The molecule has 2 heterocycles. The third-order valence-electron chi connectivity index (χ3n) is 6.53. The van der Waals surface area contributed by atoms with Crippen LogP contribution in [0.25, 0.3) is 11.3 Å². The van der Waals surface area contributed by atoms with Crippen LogP contribution in [0.5, 0.6) is 5.88 Å². The van der Waals surface area contributed by atoms with Crippen LogP contribution in [0.2, 0.25) is 0 Å². The SMILES string of the molecule is COC(=O)C[C@@H]1C[C@@H](COc2ccc(-c3ccc(C(=N)N)cc3)nn2)N(CCCc2ccccc2)C1=O. The summed E-state index contributed by atoms with van der Waals surface area (Å²) < 4.78 is 10.7. The Morgan fingerprint density at radius 2 is 1.84 bits per heavy atom. The molecule has 9 heteroatoms. The number of nitrogen functional groups attached to an aromatic ring is 1. The lowest BCUT2D eigenvalue weighted by Gasteiger charge is -2.24. The third kappa shape index (κ3) is 6.69. The number of hydrogen-bond acceptors (Lipinski definition) is 7. The summed E-state index contributed by atoms with van der Waals surface area (Å²) in [5.74, 6) is -0.472. The maximum atomic E-state index is 13.1. The number of methoxy groups -OCH3 is 1. The molecule has 0 unspecified atom stereocenters. The van der Waals surface area contributed by atoms with Crippen molar-refractivity contribution in [2.75, 3.05) is 20.3 Å². The van der Waals surface area contributed by atoms with Gasteiger partial charge in [-0.1, -0.05) is 54.6 Å². The van der Waals surface area contributed by atoms with E-state index in [1.807, 2.05) is 41.3 Å². The lowest BCUT2D eigenvalue weighted by Crippen LogP contribution is -2.38. The van der Waals surface area contributed by atoms with Crippen LogP contribution in [0.4, 0.5) is 0 Å². The molecule has 2 atom stereocenters. The second-order valence-corrected chi connectivity index (χ2v) is 9.05. The van der Waals surface area contributed by atoms with Crippen molar-refractivity contribution in [1.82, 2.24) is 15.1 Å². The van der Waals surface area contributed by atoms with Crippen LogP contribution >= 0.6 is 0 Å². The Labute approximate surface area is 216 Å². The Kier molecular flexibility index (Phi) is 8.45. The molecule has 1 aliphatic rings. The maximum absolute atomic E-state index is 13.1. The van der Waals surface area contributed by atoms with Crippen molar-refractivity contribution in [3.63, 3.8) is 0 Å². The standard InChI is InChI=1S/C28H31N5O4/c1-36-26(34)17-22-16-23(33(28(22)35)15-5-8-19-6-3-2-4-7-19)18-37-25-14-13-24(31-32-25)20-9-11-21(12-10-20)27(29)30/h2-4,6-7,9-14,22-23H,5,8,15-18H2,1H3,(H3,29,30)/t22-,23-/m0/s1. The van der Waals surface area contributed by atoms with Gasteiger partial charge in [0.05, 0.1) is 31.2 Å². The van der Waals surface area contributed by atoms with E-state index in [2.05, 4.69) is 22.3 Å². The zero-order chi connectivity index (χ0) is 26.2. The molecule has 9 nitrogen and oxygen atoms in total. The number of amidine groups is 1. The molecule has 1 saturated heterocycles. The summed E-state index contributed by atoms with van der Waals surface area (Å²) in [6, 6.07) is 20.7. The minimum absolute atomic E-state index is 0.00899. The molecule has 3 N–H and O–H groups in total. The van der Waals surface area contributed by atoms with Gasteiger partial charge in [-0.15, -0.1) is 10.2 Å². The Morgan fingerprint density at radius 3 is 2.49 bits per heavy atom. The number of aryl methyl sites for hydroxylation is 1. The van der Waals surface area contributed by atoms with Crippen molar-refractivity contribution < 1.29 is 19.1 Å². The lowest BCUT2D eigenvalue weighted by atomic mass is 10.0. The van der Waals surface area contributed by atoms with Crippen LogP contribution in [0.15, 0.2) is 66.7 Å². The summed E-state index contributed by atoms with van der Waals surface area (Å²) in [5, 5.41) is 15.9. The van der Waals surface area contributed by atoms with Crippen LogP contribution in [-0.4, -0.2) is 59.1 Å². The quantitative estimate of drug-likeness (QED) is 0.234. The third-order valence-corrected chi connectivity index (χ3v) is 6.53. The Bertz CT molecular complexity index is 1220. The monoisotopic (exact) mass is 501 g/mol. The zero-order valence-electron chi connectivity index (χ0n) is 20.8. The number of nitrogens with zero attached hydrogens (tertiary/aromatic N) is 3. The van der Waals surface area contributed by atoms with Crippen LogP contribution in [0.1, 0.15) is 30.4 Å². The van der Waals surface area contributed by atoms with Gasteiger partial charge in [-0.25, -0.2) is 0 Å². The predicted octanol–water partition coefficient (Wildman–Crippen LogP) is 3.22. The molecule has 4 rings (SSSR count). The first-order valence-electron chi connectivity index (χ1n) is 12.3. The number of ether oxygens (including phenoxy) is 2. The molecule has 1 amide bonds. The predicted molar refractivity (Wildman–Crippen MR) is 139 cm³/mol. The molecule has 0 radical (unpaired) electrons. The van der Waals surface area contributed by atoms with Crippen molar-refractivity contribution >= 4 is 17.7 Å². The van der Waals surface area contributed by atoms with Crippen molar-refractivity contribution in [3.05, 3.63) is 77.9 Å². The van der Waals surface area contributed by atoms with Gasteiger partial charge in [0, 0.05) is 23.7 Å². The second kappa shape index (κ2) is 12.1. The van der Waals surface area contributed by atoms with Crippen molar-refractivity contribution in [3.8, 4) is 17.1 Å². The van der Waals surface area contributed by atoms with E-state index < -0.39 is 5.92 Å². The smallest absolute Gasteiger partial charge is 0.306 e. The van der Waals surface area contributed by atoms with Gasteiger partial charge in [0.2, 0.25) is 11.8 Å². The highest BCUT2D eigenvalue weighted by Crippen LogP contribution is 2.29. The van der Waals surface area contributed by atoms with E-state index in [4.69, 9.17) is 20.6 Å². The zero-order valence-corrected chi connectivity index (χ0v) is 20.8. The molecule has 2 aromatic carbocycles. The number of carbonyl (C=O) groups excluding carboxylic acids is 2. The molecule has 3 aromatic rings. The number of benzene rings is 2. The average Bonchev–Trinajstić information content (AvgIpc) is 3.22. The van der Waals surface area contributed by atoms with Gasteiger partial charge in [-0.2, -0.15) is 0 Å². The van der Waals surface area contributed by atoms with E-state index >= 15 is 0 Å². The van der Waals surface area contributed by atoms with Crippen LogP contribution in [0, 0.1) is 11.3 Å². The number of rotatable bonds is 11. The number of likely N-dealkylation sites (tertiary alicyclic amines) is 1. The molecule has 192 valence electrons. The largest absolute Gasteiger partial charge is 0.474 e. The first-order valence-corrected chi connectivity index (χ1v) is 12.3. The first-order chi connectivity index (χ1) is 17.9. The highest BCUT2D eigenvalue weighted by Gasteiger charge is 2.40. The Morgan fingerprint density at radius 1 is 1.08 bits per heavy atom. The summed E-state index contributed by atoms with van der Waals surface area (Å²) in [6.45, 7) is 0.844. The highest BCUT2D eigenvalue weighted by molar-refractivity contribution is 5.95. The summed E-state index contributed by atoms with van der Waals surface area (Å²) in [4.78, 5) is 26.8. The van der Waals surface area contributed by atoms with Crippen molar-refractivity contribution in [2.45, 2.75) is 31.7 Å². The fourth-order valence-electron chi connectivity index (χ4n) is 4.53. The first kappa shape index (κ1) is 25.8. The van der Waals surface area contributed by atoms with E-state index in [1.54, 1.807) is 18.2 Å². The number of aromatic nitrogens is 2. The number of hydrogen-bond donors (Lipinski definition) is 2. The van der Waals surface area contributed by atoms with E-state index in [9.17, 15) is 9.59 Å². The van der Waals surface area contributed by atoms with Crippen molar-refractivity contribution in [1.29, 1.82) is 5.41 Å². The summed E-state index contributed by atoms with van der Waals surface area (Å²) >= 11 is 0. The van der Waals surface area contributed by atoms with Crippen LogP contribution in [0.3, 0.4) is 0 Å². The molecule has 1 aliphatic heterocycles. The number of amides is 1. The van der Waals surface area contributed by atoms with E-state index in [1.165, 1.54) is 12.7 Å². The molecule has 37 heavy (non-hydrogen) atoms. The molecular formula is C28H31N5O4. The van der Waals surface area contributed by atoms with Gasteiger partial charge < -0.3 is 20.1 Å². The molecule has 0 spiro atoms. The second-order valence-electron chi connectivity index (χ2n) is 9.05. The average molecular weight is 502 g/mol. The molecule has 0 aliphatic carbocycles. The number of carbonyl (C=O) groups is 2. The summed E-state index contributed by atoms with van der Waals surface area (Å²) in [5.41, 5.74) is 8.89. The van der Waals surface area contributed by atoms with Crippen LogP contribution < -0.4 is 10.5 Å². The van der Waals surface area contributed by atoms with E-state index in [0.717, 1.165) is 18.4 Å². The molecule has 0 bridgehead atoms. The summed E-state index contributed by atoms with van der Waals surface area (Å²) in [6.07, 6.45) is 2.26. The van der Waals surface area contributed by atoms with Gasteiger partial charge in [0.1, 0.15) is 12.4 Å². The van der Waals surface area contributed by atoms with Gasteiger partial charge in [-0.3, -0.25) is 15.0 Å². The lowest BCUT2D eigenvalue weighted by molar-refractivity contribution is -0.144. The summed E-state index contributed by atoms with van der Waals surface area (Å²) in [7, 11) is 1.33. The Hall–Kier alpha value is -4.27. The number of esters is 1. The number of nitrogens with two attached hydrogens (primary N) is 1. The molecule has 1 aromatic heterocycles.